The Bertz CT molecular complexity index is 214. The molecule has 0 spiro atoms. The molecular weight excluding hydrogens is 146 g/mol. The first-order valence-corrected chi connectivity index (χ1v) is 3.05. The van der Waals surface area contributed by atoms with Gasteiger partial charge in [-0.05, 0) is 0 Å². The lowest BCUT2D eigenvalue weighted by Gasteiger charge is -2.31. The number of urea groups is 2. The van der Waals surface area contributed by atoms with Gasteiger partial charge in [0.2, 0.25) is 0 Å². The lowest BCUT2D eigenvalue weighted by molar-refractivity contribution is 0.173. The lowest BCUT2D eigenvalue weighted by atomic mass is 10.5. The maximum atomic E-state index is 10.9. The van der Waals surface area contributed by atoms with Gasteiger partial charge in [0.1, 0.15) is 5.82 Å². The maximum absolute atomic E-state index is 10.9. The monoisotopic (exact) mass is 155 g/mol. The Labute approximate surface area is 64.3 Å². The smallest absolute Gasteiger partial charge is 0.283 e. The predicted molar refractivity (Wildman–Crippen MR) is 38.6 cm³/mol. The standard InChI is InChI=1S/C6H9N3O2/c1-4-8(2)5(10)7-6(11)9(4)3/h1H2,2-3H3,(H,7,10,11). The van der Waals surface area contributed by atoms with E-state index in [1.54, 1.807) is 14.1 Å². The van der Waals surface area contributed by atoms with E-state index >= 15 is 0 Å². The Morgan fingerprint density at radius 1 is 1.18 bits per heavy atom. The van der Waals surface area contributed by atoms with Crippen molar-refractivity contribution in [2.75, 3.05) is 14.1 Å². The van der Waals surface area contributed by atoms with Crippen molar-refractivity contribution in [3.8, 4) is 0 Å². The summed E-state index contributed by atoms with van der Waals surface area (Å²) in [6.45, 7) is 3.55. The molecule has 0 atom stereocenters. The number of carbonyl (C=O) groups excluding carboxylic acids is 2. The summed E-state index contributed by atoms with van der Waals surface area (Å²) in [6.07, 6.45) is 0. The van der Waals surface area contributed by atoms with Gasteiger partial charge in [-0.2, -0.15) is 0 Å². The van der Waals surface area contributed by atoms with Gasteiger partial charge in [-0.3, -0.25) is 15.1 Å². The number of amides is 4. The summed E-state index contributed by atoms with van der Waals surface area (Å²) in [7, 11) is 3.08. The largest absolute Gasteiger partial charge is 0.330 e. The Hall–Kier alpha value is -1.52. The molecule has 1 rings (SSSR count). The van der Waals surface area contributed by atoms with Crippen LogP contribution in [0.4, 0.5) is 9.59 Å². The molecule has 0 aromatic heterocycles. The van der Waals surface area contributed by atoms with Crippen LogP contribution in [0, 0.1) is 0 Å². The topological polar surface area (TPSA) is 52.7 Å². The molecule has 0 bridgehead atoms. The van der Waals surface area contributed by atoms with Gasteiger partial charge >= 0.3 is 12.1 Å². The first-order valence-electron chi connectivity index (χ1n) is 3.05. The highest BCUT2D eigenvalue weighted by molar-refractivity contribution is 5.97. The van der Waals surface area contributed by atoms with Crippen LogP contribution < -0.4 is 5.32 Å². The Morgan fingerprint density at radius 2 is 1.55 bits per heavy atom. The molecular formula is C6H9N3O2. The van der Waals surface area contributed by atoms with Gasteiger partial charge in [-0.25, -0.2) is 9.59 Å². The summed E-state index contributed by atoms with van der Waals surface area (Å²) < 4.78 is 0. The average molecular weight is 155 g/mol. The number of rotatable bonds is 0. The van der Waals surface area contributed by atoms with Gasteiger partial charge in [0.05, 0.1) is 0 Å². The summed E-state index contributed by atoms with van der Waals surface area (Å²) in [5.74, 6) is 0.374. The first-order chi connectivity index (χ1) is 5.04. The van der Waals surface area contributed by atoms with E-state index in [4.69, 9.17) is 0 Å². The quantitative estimate of drug-likeness (QED) is 0.542. The van der Waals surface area contributed by atoms with E-state index in [0.29, 0.717) is 5.82 Å². The van der Waals surface area contributed by atoms with Gasteiger partial charge < -0.3 is 0 Å². The second-order valence-corrected chi connectivity index (χ2v) is 2.27. The molecule has 11 heavy (non-hydrogen) atoms. The molecule has 0 aromatic carbocycles. The zero-order valence-corrected chi connectivity index (χ0v) is 6.42. The third-order valence-electron chi connectivity index (χ3n) is 1.60. The van der Waals surface area contributed by atoms with Crippen molar-refractivity contribution in [3.05, 3.63) is 12.4 Å². The molecule has 0 radical (unpaired) electrons. The molecule has 0 aromatic rings. The molecule has 0 aliphatic carbocycles. The molecule has 5 nitrogen and oxygen atoms in total. The van der Waals surface area contributed by atoms with Crippen molar-refractivity contribution in [1.82, 2.24) is 15.1 Å². The van der Waals surface area contributed by atoms with E-state index in [9.17, 15) is 9.59 Å². The zero-order chi connectivity index (χ0) is 8.59. The van der Waals surface area contributed by atoms with E-state index in [1.165, 1.54) is 9.80 Å². The van der Waals surface area contributed by atoms with Crippen molar-refractivity contribution in [2.24, 2.45) is 0 Å². The molecule has 1 fully saturated rings. The molecule has 60 valence electrons. The minimum atomic E-state index is -0.446. The number of nitrogens with one attached hydrogen (secondary N) is 1. The van der Waals surface area contributed by atoms with Crippen LogP contribution >= 0.6 is 0 Å². The van der Waals surface area contributed by atoms with Crippen molar-refractivity contribution in [1.29, 1.82) is 0 Å². The molecule has 5 heteroatoms. The maximum Gasteiger partial charge on any atom is 0.330 e. The predicted octanol–water partition coefficient (Wildman–Crippen LogP) is 0.164. The van der Waals surface area contributed by atoms with Crippen molar-refractivity contribution >= 4 is 12.1 Å². The van der Waals surface area contributed by atoms with Gasteiger partial charge in [0.15, 0.2) is 0 Å². The fourth-order valence-electron chi connectivity index (χ4n) is 0.719. The summed E-state index contributed by atoms with van der Waals surface area (Å²) in [4.78, 5) is 24.3. The van der Waals surface area contributed by atoms with Crippen molar-refractivity contribution < 1.29 is 9.59 Å². The summed E-state index contributed by atoms with van der Waals surface area (Å²) in [6, 6.07) is -0.892. The Morgan fingerprint density at radius 3 is 1.91 bits per heavy atom. The molecule has 1 aliphatic heterocycles. The summed E-state index contributed by atoms with van der Waals surface area (Å²) in [5, 5.41) is 2.12. The summed E-state index contributed by atoms with van der Waals surface area (Å²) in [5.41, 5.74) is 0. The minimum Gasteiger partial charge on any atom is -0.283 e. The minimum absolute atomic E-state index is 0.374. The highest BCUT2D eigenvalue weighted by atomic mass is 16.2. The van der Waals surface area contributed by atoms with Crippen LogP contribution in [0.3, 0.4) is 0 Å². The molecule has 1 heterocycles. The van der Waals surface area contributed by atoms with E-state index in [1.807, 2.05) is 0 Å². The molecule has 1 N–H and O–H groups in total. The lowest BCUT2D eigenvalue weighted by Crippen LogP contribution is -2.54. The first kappa shape index (κ1) is 7.59. The van der Waals surface area contributed by atoms with E-state index in [2.05, 4.69) is 11.9 Å². The van der Waals surface area contributed by atoms with Gasteiger partial charge in [-0.15, -0.1) is 0 Å². The SMILES string of the molecule is C=C1N(C)C(=O)NC(=O)N1C. The third kappa shape index (κ3) is 1.04. The number of imide groups is 1. The van der Waals surface area contributed by atoms with Gasteiger partial charge in [0, 0.05) is 14.1 Å². The van der Waals surface area contributed by atoms with Crippen LogP contribution in [0.1, 0.15) is 0 Å². The fraction of sp³-hybridized carbons (Fsp3) is 0.333. The molecule has 0 unspecified atom stereocenters. The Kier molecular flexibility index (Phi) is 1.56. The van der Waals surface area contributed by atoms with Crippen LogP contribution in [0.25, 0.3) is 0 Å². The highest BCUT2D eigenvalue weighted by Gasteiger charge is 2.27. The number of nitrogens with zero attached hydrogens (tertiary/aromatic N) is 2. The zero-order valence-electron chi connectivity index (χ0n) is 6.42. The fourth-order valence-corrected chi connectivity index (χ4v) is 0.719. The van der Waals surface area contributed by atoms with E-state index < -0.39 is 12.1 Å². The Balaban J connectivity index is 2.87. The number of hydrogen-bond donors (Lipinski definition) is 1. The molecule has 1 aliphatic rings. The third-order valence-corrected chi connectivity index (χ3v) is 1.60. The second kappa shape index (κ2) is 2.26. The van der Waals surface area contributed by atoms with Crippen LogP contribution in [0.2, 0.25) is 0 Å². The van der Waals surface area contributed by atoms with Gasteiger partial charge in [-0.1, -0.05) is 6.58 Å². The summed E-state index contributed by atoms with van der Waals surface area (Å²) >= 11 is 0. The van der Waals surface area contributed by atoms with Crippen molar-refractivity contribution in [2.45, 2.75) is 0 Å². The van der Waals surface area contributed by atoms with Crippen LogP contribution in [0.5, 0.6) is 0 Å². The molecule has 0 saturated carbocycles. The van der Waals surface area contributed by atoms with Crippen molar-refractivity contribution in [3.63, 3.8) is 0 Å². The normalized spacial score (nSPS) is 18.9. The average Bonchev–Trinajstić information content (AvgIpc) is 1.97. The van der Waals surface area contributed by atoms with Crippen LogP contribution in [-0.4, -0.2) is 36.0 Å². The second-order valence-electron chi connectivity index (χ2n) is 2.27. The number of carbonyl (C=O) groups is 2. The number of hydrogen-bond acceptors (Lipinski definition) is 2. The molecule has 4 amide bonds. The van der Waals surface area contributed by atoms with Crippen LogP contribution in [-0.2, 0) is 0 Å². The highest BCUT2D eigenvalue weighted by Crippen LogP contribution is 2.08. The van der Waals surface area contributed by atoms with E-state index in [0.717, 1.165) is 0 Å². The van der Waals surface area contributed by atoms with Crippen LogP contribution in [0.15, 0.2) is 12.4 Å². The van der Waals surface area contributed by atoms with E-state index in [-0.39, 0.29) is 0 Å². The molecule has 1 saturated heterocycles. The van der Waals surface area contributed by atoms with Gasteiger partial charge in [0.25, 0.3) is 0 Å².